The molecule has 18 heavy (non-hydrogen) atoms. The van der Waals surface area contributed by atoms with Crippen molar-refractivity contribution in [1.82, 2.24) is 4.98 Å². The Morgan fingerprint density at radius 3 is 2.72 bits per heavy atom. The van der Waals surface area contributed by atoms with E-state index in [1.807, 2.05) is 18.2 Å². The van der Waals surface area contributed by atoms with Crippen LogP contribution in [0.4, 0.5) is 0 Å². The summed E-state index contributed by atoms with van der Waals surface area (Å²) in [7, 11) is 0. The molecular weight excluding hydrogens is 246 g/mol. The van der Waals surface area contributed by atoms with Crippen molar-refractivity contribution in [3.63, 3.8) is 0 Å². The minimum absolute atomic E-state index is 0.417. The lowest BCUT2D eigenvalue weighted by Gasteiger charge is -2.09. The van der Waals surface area contributed by atoms with E-state index in [1.165, 1.54) is 0 Å². The van der Waals surface area contributed by atoms with Crippen LogP contribution < -0.4 is 0 Å². The maximum absolute atomic E-state index is 11.3. The Morgan fingerprint density at radius 1 is 1.44 bits per heavy atom. The Labute approximate surface area is 109 Å². The van der Waals surface area contributed by atoms with Crippen LogP contribution in [0.1, 0.15) is 43.2 Å². The number of benzene rings is 1. The van der Waals surface area contributed by atoms with Crippen molar-refractivity contribution in [2.45, 2.75) is 38.0 Å². The average Bonchev–Trinajstić information content (AvgIpc) is 3.02. The molecule has 1 N–H and O–H groups in total. The van der Waals surface area contributed by atoms with Gasteiger partial charge < -0.3 is 5.11 Å². The SMILES string of the molecule is CC(C)c1nc2ccc(C3(C(=O)O)CC3)cc2s1. The molecule has 0 spiro atoms. The van der Waals surface area contributed by atoms with Gasteiger partial charge in [-0.3, -0.25) is 4.79 Å². The third-order valence-corrected chi connectivity index (χ3v) is 4.93. The van der Waals surface area contributed by atoms with E-state index in [-0.39, 0.29) is 0 Å². The van der Waals surface area contributed by atoms with Gasteiger partial charge in [0, 0.05) is 5.92 Å². The highest BCUT2D eigenvalue weighted by molar-refractivity contribution is 7.18. The monoisotopic (exact) mass is 261 g/mol. The number of carboxylic acids is 1. The third kappa shape index (κ3) is 1.63. The fraction of sp³-hybridized carbons (Fsp3) is 0.429. The van der Waals surface area contributed by atoms with Crippen molar-refractivity contribution >= 4 is 27.5 Å². The molecule has 1 aliphatic carbocycles. The number of carbonyl (C=O) groups is 1. The second-order valence-corrected chi connectivity index (χ2v) is 6.34. The van der Waals surface area contributed by atoms with Crippen molar-refractivity contribution in [2.75, 3.05) is 0 Å². The molecular formula is C14H15NO2S. The number of thiazole rings is 1. The van der Waals surface area contributed by atoms with E-state index < -0.39 is 11.4 Å². The van der Waals surface area contributed by atoms with Crippen molar-refractivity contribution < 1.29 is 9.90 Å². The summed E-state index contributed by atoms with van der Waals surface area (Å²) in [5.74, 6) is -0.282. The molecule has 3 rings (SSSR count). The molecule has 94 valence electrons. The first-order valence-electron chi connectivity index (χ1n) is 6.17. The van der Waals surface area contributed by atoms with E-state index in [1.54, 1.807) is 11.3 Å². The average molecular weight is 261 g/mol. The van der Waals surface area contributed by atoms with Crippen LogP contribution in [0.15, 0.2) is 18.2 Å². The molecule has 1 fully saturated rings. The minimum Gasteiger partial charge on any atom is -0.481 e. The molecule has 3 nitrogen and oxygen atoms in total. The Bertz CT molecular complexity index is 626. The van der Waals surface area contributed by atoms with Crippen LogP contribution in [0.3, 0.4) is 0 Å². The fourth-order valence-corrected chi connectivity index (χ4v) is 3.25. The summed E-state index contributed by atoms with van der Waals surface area (Å²) < 4.78 is 1.10. The van der Waals surface area contributed by atoms with Gasteiger partial charge in [-0.1, -0.05) is 19.9 Å². The Balaban J connectivity index is 2.09. The van der Waals surface area contributed by atoms with Crippen LogP contribution in [0.25, 0.3) is 10.2 Å². The van der Waals surface area contributed by atoms with Gasteiger partial charge in [0.1, 0.15) is 0 Å². The zero-order valence-electron chi connectivity index (χ0n) is 10.4. The van der Waals surface area contributed by atoms with E-state index in [0.717, 1.165) is 33.6 Å². The summed E-state index contributed by atoms with van der Waals surface area (Å²) in [6, 6.07) is 5.89. The molecule has 4 heteroatoms. The molecule has 0 saturated heterocycles. The lowest BCUT2D eigenvalue weighted by Crippen LogP contribution is -2.19. The van der Waals surface area contributed by atoms with Crippen LogP contribution >= 0.6 is 11.3 Å². The lowest BCUT2D eigenvalue weighted by atomic mass is 9.96. The summed E-state index contributed by atoms with van der Waals surface area (Å²) in [6.45, 7) is 4.25. The van der Waals surface area contributed by atoms with Crippen LogP contribution in [0, 0.1) is 0 Å². The first-order valence-corrected chi connectivity index (χ1v) is 6.99. The molecule has 0 atom stereocenters. The maximum Gasteiger partial charge on any atom is 0.314 e. The highest BCUT2D eigenvalue weighted by Gasteiger charge is 2.51. The van der Waals surface area contributed by atoms with Gasteiger partial charge in [-0.05, 0) is 30.5 Å². The standard InChI is InChI=1S/C14H15NO2S/c1-8(2)12-15-10-4-3-9(7-11(10)18-12)14(5-6-14)13(16)17/h3-4,7-8H,5-6H2,1-2H3,(H,16,17). The van der Waals surface area contributed by atoms with Gasteiger partial charge in [0.15, 0.2) is 0 Å². The van der Waals surface area contributed by atoms with Crippen molar-refractivity contribution in [3.05, 3.63) is 28.8 Å². The number of carboxylic acid groups (broad SMARTS) is 1. The number of rotatable bonds is 3. The summed E-state index contributed by atoms with van der Waals surface area (Å²) in [4.78, 5) is 15.9. The molecule has 0 radical (unpaired) electrons. The third-order valence-electron chi connectivity index (χ3n) is 3.61. The molecule has 1 aromatic heterocycles. The molecule has 0 bridgehead atoms. The molecule has 0 aliphatic heterocycles. The first kappa shape index (κ1) is 11.7. The van der Waals surface area contributed by atoms with Crippen LogP contribution in [-0.2, 0) is 10.2 Å². The normalized spacial score (nSPS) is 17.3. The molecule has 0 unspecified atom stereocenters. The van der Waals surface area contributed by atoms with Gasteiger partial charge in [-0.25, -0.2) is 4.98 Å². The summed E-state index contributed by atoms with van der Waals surface area (Å²) in [6.07, 6.45) is 1.51. The van der Waals surface area contributed by atoms with Gasteiger partial charge in [-0.2, -0.15) is 0 Å². The van der Waals surface area contributed by atoms with Gasteiger partial charge in [-0.15, -0.1) is 11.3 Å². The Hall–Kier alpha value is -1.42. The van der Waals surface area contributed by atoms with Gasteiger partial charge >= 0.3 is 5.97 Å². The summed E-state index contributed by atoms with van der Waals surface area (Å²) in [5, 5.41) is 10.4. The molecule has 1 aliphatic rings. The van der Waals surface area contributed by atoms with Crippen LogP contribution in [0.5, 0.6) is 0 Å². The zero-order valence-corrected chi connectivity index (χ0v) is 11.3. The summed E-state index contributed by atoms with van der Waals surface area (Å²) in [5.41, 5.74) is 1.30. The van der Waals surface area contributed by atoms with Crippen molar-refractivity contribution in [3.8, 4) is 0 Å². The van der Waals surface area contributed by atoms with Gasteiger partial charge in [0.25, 0.3) is 0 Å². The zero-order chi connectivity index (χ0) is 12.9. The fourth-order valence-electron chi connectivity index (χ4n) is 2.24. The molecule has 2 aromatic rings. The number of fused-ring (bicyclic) bond motifs is 1. The van der Waals surface area contributed by atoms with Crippen LogP contribution in [-0.4, -0.2) is 16.1 Å². The molecule has 1 heterocycles. The second kappa shape index (κ2) is 3.79. The predicted molar refractivity (Wildman–Crippen MR) is 72.3 cm³/mol. The van der Waals surface area contributed by atoms with Gasteiger partial charge in [0.05, 0.1) is 20.6 Å². The van der Waals surface area contributed by atoms with Crippen molar-refractivity contribution in [2.24, 2.45) is 0 Å². The van der Waals surface area contributed by atoms with E-state index in [0.29, 0.717) is 5.92 Å². The second-order valence-electron chi connectivity index (χ2n) is 5.28. The highest BCUT2D eigenvalue weighted by atomic mass is 32.1. The van der Waals surface area contributed by atoms with E-state index in [9.17, 15) is 9.90 Å². The number of aromatic nitrogens is 1. The van der Waals surface area contributed by atoms with Crippen LogP contribution in [0.2, 0.25) is 0 Å². The Morgan fingerprint density at radius 2 is 2.17 bits per heavy atom. The van der Waals surface area contributed by atoms with Crippen molar-refractivity contribution in [1.29, 1.82) is 0 Å². The minimum atomic E-state index is -0.699. The topological polar surface area (TPSA) is 50.2 Å². The smallest absolute Gasteiger partial charge is 0.314 e. The number of aliphatic carboxylic acids is 1. The lowest BCUT2D eigenvalue weighted by molar-refractivity contribution is -0.140. The number of hydrogen-bond donors (Lipinski definition) is 1. The highest BCUT2D eigenvalue weighted by Crippen LogP contribution is 2.49. The molecule has 1 saturated carbocycles. The largest absolute Gasteiger partial charge is 0.481 e. The Kier molecular flexibility index (Phi) is 2.45. The summed E-state index contributed by atoms with van der Waals surface area (Å²) >= 11 is 1.67. The maximum atomic E-state index is 11.3. The predicted octanol–water partition coefficient (Wildman–Crippen LogP) is 3.54. The quantitative estimate of drug-likeness (QED) is 0.919. The van der Waals surface area contributed by atoms with E-state index >= 15 is 0 Å². The molecule has 1 aromatic carbocycles. The first-order chi connectivity index (χ1) is 8.53. The van der Waals surface area contributed by atoms with Gasteiger partial charge in [0.2, 0.25) is 0 Å². The van der Waals surface area contributed by atoms with E-state index in [4.69, 9.17) is 0 Å². The number of hydrogen-bond acceptors (Lipinski definition) is 3. The number of nitrogens with zero attached hydrogens (tertiary/aromatic N) is 1. The van der Waals surface area contributed by atoms with E-state index in [2.05, 4.69) is 18.8 Å². The molecule has 0 amide bonds.